The lowest BCUT2D eigenvalue weighted by atomic mass is 10.2. The van der Waals surface area contributed by atoms with Gasteiger partial charge in [-0.25, -0.2) is 4.79 Å². The Kier molecular flexibility index (Phi) is 6.71. The number of halogens is 4. The van der Waals surface area contributed by atoms with E-state index in [-0.39, 0.29) is 6.61 Å². The number of H-pyrrole nitrogens is 1. The molecule has 32 heavy (non-hydrogen) atoms. The molecule has 0 saturated carbocycles. The van der Waals surface area contributed by atoms with E-state index in [1.807, 2.05) is 0 Å². The molecular formula is C22H13BrCl3N3O3. The molecule has 4 aromatic rings. The fourth-order valence-corrected chi connectivity index (χ4v) is 4.41. The zero-order valence-corrected chi connectivity index (χ0v) is 20.0. The molecule has 0 fully saturated rings. The van der Waals surface area contributed by atoms with Crippen molar-refractivity contribution in [3.05, 3.63) is 106 Å². The first-order valence-electron chi connectivity index (χ1n) is 9.17. The first-order valence-corrected chi connectivity index (χ1v) is 11.1. The van der Waals surface area contributed by atoms with Crippen LogP contribution in [0.25, 0.3) is 10.9 Å². The van der Waals surface area contributed by atoms with Crippen LogP contribution in [-0.4, -0.2) is 15.9 Å². The number of nitrogens with zero attached hydrogens (tertiary/aromatic N) is 2. The Morgan fingerprint density at radius 2 is 1.81 bits per heavy atom. The summed E-state index contributed by atoms with van der Waals surface area (Å²) in [5.41, 5.74) is 0.402. The average molecular weight is 554 g/mol. The SMILES string of the molecule is O=c1[nH]c2ccccc2c(=O)n1N=Cc1cc(Cl)cc(Br)c1OCc1ccc(Cl)cc1Cl. The molecule has 10 heteroatoms. The molecule has 3 aromatic carbocycles. The van der Waals surface area contributed by atoms with Crippen molar-refractivity contribution in [3.8, 4) is 5.75 Å². The maximum Gasteiger partial charge on any atom is 0.349 e. The minimum absolute atomic E-state index is 0.146. The quantitative estimate of drug-likeness (QED) is 0.314. The molecule has 0 aliphatic heterocycles. The van der Waals surface area contributed by atoms with Gasteiger partial charge in [0.15, 0.2) is 0 Å². The van der Waals surface area contributed by atoms with E-state index in [0.717, 1.165) is 10.2 Å². The van der Waals surface area contributed by atoms with Crippen molar-refractivity contribution >= 4 is 67.9 Å². The number of para-hydroxylation sites is 1. The van der Waals surface area contributed by atoms with Crippen molar-refractivity contribution in [3.63, 3.8) is 0 Å². The number of aromatic amines is 1. The highest BCUT2D eigenvalue weighted by Gasteiger charge is 2.12. The number of rotatable bonds is 5. The highest BCUT2D eigenvalue weighted by molar-refractivity contribution is 9.10. The van der Waals surface area contributed by atoms with E-state index >= 15 is 0 Å². The summed E-state index contributed by atoms with van der Waals surface area (Å²) in [5.74, 6) is 0.412. The molecule has 0 radical (unpaired) electrons. The molecule has 1 aromatic heterocycles. The highest BCUT2D eigenvalue weighted by Crippen LogP contribution is 2.33. The van der Waals surface area contributed by atoms with Crippen LogP contribution in [0.5, 0.6) is 5.75 Å². The standard InChI is InChI=1S/C22H13BrCl3N3O3/c23-17-8-15(25)7-13(20(17)32-11-12-5-6-14(24)9-18(12)26)10-27-29-21(30)16-3-1-2-4-19(16)28-22(29)31/h1-10H,11H2,(H,28,31). The number of hydrogen-bond acceptors (Lipinski definition) is 4. The van der Waals surface area contributed by atoms with Gasteiger partial charge in [-0.1, -0.05) is 53.0 Å². The Morgan fingerprint density at radius 3 is 2.59 bits per heavy atom. The molecule has 0 spiro atoms. The van der Waals surface area contributed by atoms with E-state index in [2.05, 4.69) is 26.0 Å². The largest absolute Gasteiger partial charge is 0.487 e. The van der Waals surface area contributed by atoms with E-state index in [9.17, 15) is 9.59 Å². The molecule has 4 rings (SSSR count). The lowest BCUT2D eigenvalue weighted by Crippen LogP contribution is -2.32. The van der Waals surface area contributed by atoms with Gasteiger partial charge in [-0.05, 0) is 52.3 Å². The zero-order chi connectivity index (χ0) is 22.8. The van der Waals surface area contributed by atoms with Crippen molar-refractivity contribution < 1.29 is 4.74 Å². The van der Waals surface area contributed by atoms with Gasteiger partial charge in [0.1, 0.15) is 12.4 Å². The zero-order valence-electron chi connectivity index (χ0n) is 16.1. The molecule has 0 aliphatic carbocycles. The predicted octanol–water partition coefficient (Wildman–Crippen LogP) is 5.87. The van der Waals surface area contributed by atoms with Gasteiger partial charge in [-0.15, -0.1) is 4.68 Å². The van der Waals surface area contributed by atoms with Crippen molar-refractivity contribution in [2.75, 3.05) is 0 Å². The molecule has 1 heterocycles. The van der Waals surface area contributed by atoms with Crippen LogP contribution in [0.3, 0.4) is 0 Å². The molecular weight excluding hydrogens is 541 g/mol. The normalized spacial score (nSPS) is 11.4. The van der Waals surface area contributed by atoms with Gasteiger partial charge < -0.3 is 9.72 Å². The second kappa shape index (κ2) is 9.50. The fraction of sp³-hybridized carbons (Fsp3) is 0.0455. The molecule has 0 unspecified atom stereocenters. The Labute approximate surface area is 205 Å². The van der Waals surface area contributed by atoms with Crippen LogP contribution < -0.4 is 16.0 Å². The molecule has 0 saturated heterocycles. The molecule has 6 nitrogen and oxygen atoms in total. The second-order valence-corrected chi connectivity index (χ2v) is 8.80. The summed E-state index contributed by atoms with van der Waals surface area (Å²) < 4.78 is 7.26. The van der Waals surface area contributed by atoms with Crippen LogP contribution in [0.15, 0.2) is 73.8 Å². The molecule has 1 N–H and O–H groups in total. The molecule has 0 bridgehead atoms. The molecule has 0 atom stereocenters. The summed E-state index contributed by atoms with van der Waals surface area (Å²) in [6.07, 6.45) is 1.33. The summed E-state index contributed by atoms with van der Waals surface area (Å²) in [4.78, 5) is 27.7. The van der Waals surface area contributed by atoms with Gasteiger partial charge in [0, 0.05) is 26.2 Å². The smallest absolute Gasteiger partial charge is 0.349 e. The Bertz CT molecular complexity index is 1480. The summed E-state index contributed by atoms with van der Waals surface area (Å²) >= 11 is 21.8. The highest BCUT2D eigenvalue weighted by atomic mass is 79.9. The summed E-state index contributed by atoms with van der Waals surface area (Å²) in [6.45, 7) is 0.146. The van der Waals surface area contributed by atoms with Gasteiger partial charge >= 0.3 is 5.69 Å². The van der Waals surface area contributed by atoms with Crippen molar-refractivity contribution in [2.45, 2.75) is 6.61 Å². The van der Waals surface area contributed by atoms with Crippen LogP contribution in [0.4, 0.5) is 0 Å². The topological polar surface area (TPSA) is 76.5 Å². The number of benzene rings is 3. The lowest BCUT2D eigenvalue weighted by molar-refractivity contribution is 0.304. The van der Waals surface area contributed by atoms with Crippen LogP contribution in [0.1, 0.15) is 11.1 Å². The Morgan fingerprint density at radius 1 is 1.03 bits per heavy atom. The minimum Gasteiger partial charge on any atom is -0.487 e. The molecule has 0 amide bonds. The van der Waals surface area contributed by atoms with Gasteiger partial charge in [0.25, 0.3) is 5.56 Å². The first kappa shape index (κ1) is 22.6. The third-order valence-corrected chi connectivity index (χ3v) is 5.91. The van der Waals surface area contributed by atoms with E-state index < -0.39 is 11.2 Å². The summed E-state index contributed by atoms with van der Waals surface area (Å²) in [7, 11) is 0. The fourth-order valence-electron chi connectivity index (χ4n) is 2.99. The lowest BCUT2D eigenvalue weighted by Gasteiger charge is -2.13. The van der Waals surface area contributed by atoms with Crippen LogP contribution in [0.2, 0.25) is 15.1 Å². The Balaban J connectivity index is 1.71. The molecule has 162 valence electrons. The van der Waals surface area contributed by atoms with Crippen LogP contribution in [0, 0.1) is 0 Å². The van der Waals surface area contributed by atoms with Crippen LogP contribution in [-0.2, 0) is 6.61 Å². The Hall–Kier alpha value is -2.58. The van der Waals surface area contributed by atoms with Crippen molar-refractivity contribution in [1.82, 2.24) is 9.66 Å². The summed E-state index contributed by atoms with van der Waals surface area (Å²) in [6, 6.07) is 15.1. The average Bonchev–Trinajstić information content (AvgIpc) is 2.74. The second-order valence-electron chi connectivity index (χ2n) is 6.67. The maximum atomic E-state index is 12.7. The van der Waals surface area contributed by atoms with E-state index in [1.54, 1.807) is 54.6 Å². The van der Waals surface area contributed by atoms with Gasteiger partial charge in [-0.2, -0.15) is 5.10 Å². The number of ether oxygens (including phenoxy) is 1. The van der Waals surface area contributed by atoms with Gasteiger partial charge in [0.05, 0.1) is 21.6 Å². The third kappa shape index (κ3) is 4.76. The van der Waals surface area contributed by atoms with E-state index in [4.69, 9.17) is 39.5 Å². The van der Waals surface area contributed by atoms with E-state index in [0.29, 0.717) is 41.8 Å². The summed E-state index contributed by atoms with van der Waals surface area (Å²) in [5, 5.41) is 5.82. The number of nitrogens with one attached hydrogen (secondary N) is 1. The van der Waals surface area contributed by atoms with Gasteiger partial charge in [-0.3, -0.25) is 4.79 Å². The van der Waals surface area contributed by atoms with E-state index in [1.165, 1.54) is 6.21 Å². The number of fused-ring (bicyclic) bond motifs is 1. The number of hydrogen-bond donors (Lipinski definition) is 1. The van der Waals surface area contributed by atoms with Crippen LogP contribution >= 0.6 is 50.7 Å². The third-order valence-electron chi connectivity index (χ3n) is 4.52. The molecule has 0 aliphatic rings. The van der Waals surface area contributed by atoms with Crippen molar-refractivity contribution in [1.29, 1.82) is 0 Å². The van der Waals surface area contributed by atoms with Gasteiger partial charge in [0.2, 0.25) is 0 Å². The maximum absolute atomic E-state index is 12.7. The monoisotopic (exact) mass is 551 g/mol. The first-order chi connectivity index (χ1) is 15.3. The number of aromatic nitrogens is 2. The minimum atomic E-state index is -0.665. The predicted molar refractivity (Wildman–Crippen MR) is 132 cm³/mol. The van der Waals surface area contributed by atoms with Crippen molar-refractivity contribution in [2.24, 2.45) is 5.10 Å².